The average Bonchev–Trinajstić information content (AvgIpc) is 3.50. The molecule has 1 heterocycles. The van der Waals surface area contributed by atoms with Crippen molar-refractivity contribution in [2.24, 2.45) is 0 Å². The second-order valence-corrected chi connectivity index (χ2v) is 17.8. The number of alkyl halides is 2. The van der Waals surface area contributed by atoms with Crippen molar-refractivity contribution in [3.8, 4) is 0 Å². The van der Waals surface area contributed by atoms with Crippen molar-refractivity contribution in [3.63, 3.8) is 0 Å². The summed E-state index contributed by atoms with van der Waals surface area (Å²) in [5, 5.41) is 9.06. The van der Waals surface area contributed by atoms with Gasteiger partial charge in [0.25, 0.3) is 11.0 Å². The van der Waals surface area contributed by atoms with Gasteiger partial charge in [-0.05, 0) is 69.2 Å². The predicted octanol–water partition coefficient (Wildman–Crippen LogP) is 4.64. The fraction of sp³-hybridized carbons (Fsp3) is 0.526. The SMILES string of the molecule is CCOC(=O)CCCCCCN1C(=O)CC[C@@H]1/C=C/[C@@H](OC(=O)Cc1ccc(C(=O)NCCCCCC(O)(P(=O)(O)O)P(=O)(O)O)cc1)C(F)(F)c1ccccc1.[NaH]. The van der Waals surface area contributed by atoms with E-state index >= 15 is 8.78 Å². The van der Waals surface area contributed by atoms with Gasteiger partial charge in [-0.25, -0.2) is 0 Å². The number of ether oxygens (including phenoxy) is 2. The Labute approximate surface area is 358 Å². The third-order valence-corrected chi connectivity index (χ3v) is 13.3. The second-order valence-electron chi connectivity index (χ2n) is 13.7. The first-order valence-electron chi connectivity index (χ1n) is 18.8. The molecule has 58 heavy (non-hydrogen) atoms. The molecule has 318 valence electrons. The van der Waals surface area contributed by atoms with Crippen LogP contribution in [0.25, 0.3) is 0 Å². The van der Waals surface area contributed by atoms with Gasteiger partial charge in [0.2, 0.25) is 5.91 Å². The summed E-state index contributed by atoms with van der Waals surface area (Å²) in [7, 11) is -11.1. The Hall–Kier alpha value is -2.82. The molecule has 3 rings (SSSR count). The van der Waals surface area contributed by atoms with Crippen LogP contribution in [0.2, 0.25) is 0 Å². The molecule has 20 heteroatoms. The van der Waals surface area contributed by atoms with Crippen LogP contribution in [0.4, 0.5) is 8.78 Å². The number of amides is 2. The van der Waals surface area contributed by atoms with Crippen molar-refractivity contribution < 1.29 is 71.2 Å². The molecule has 0 radical (unpaired) electrons. The van der Waals surface area contributed by atoms with Crippen LogP contribution in [0.1, 0.15) is 99.0 Å². The van der Waals surface area contributed by atoms with Crippen LogP contribution < -0.4 is 5.32 Å². The molecule has 6 N–H and O–H groups in total. The summed E-state index contributed by atoms with van der Waals surface area (Å²) in [4.78, 5) is 88.4. The Morgan fingerprint density at radius 2 is 1.53 bits per heavy atom. The summed E-state index contributed by atoms with van der Waals surface area (Å²) in [6.07, 6.45) is 3.48. The van der Waals surface area contributed by atoms with Gasteiger partial charge in [-0.3, -0.25) is 28.3 Å². The van der Waals surface area contributed by atoms with Gasteiger partial charge in [-0.1, -0.05) is 67.8 Å². The van der Waals surface area contributed by atoms with Crippen LogP contribution in [0.15, 0.2) is 66.7 Å². The van der Waals surface area contributed by atoms with Gasteiger partial charge in [0.05, 0.1) is 19.1 Å². The zero-order chi connectivity index (χ0) is 42.3. The minimum absolute atomic E-state index is 0. The van der Waals surface area contributed by atoms with Gasteiger partial charge in [-0.15, -0.1) is 0 Å². The zero-order valence-corrected chi connectivity index (χ0v) is 33.5. The van der Waals surface area contributed by atoms with Crippen LogP contribution in [0.5, 0.6) is 0 Å². The third-order valence-electron chi connectivity index (χ3n) is 9.46. The first-order valence-corrected chi connectivity index (χ1v) is 22.0. The second kappa shape index (κ2) is 23.8. The fourth-order valence-electron chi connectivity index (χ4n) is 6.23. The molecule has 0 aliphatic carbocycles. The summed E-state index contributed by atoms with van der Waals surface area (Å²) < 4.78 is 65.0. The summed E-state index contributed by atoms with van der Waals surface area (Å²) in [6, 6.07) is 12.2. The first-order chi connectivity index (χ1) is 26.8. The topological polar surface area (TPSA) is 237 Å². The van der Waals surface area contributed by atoms with E-state index in [9.17, 15) is 53.0 Å². The molecule has 2 aromatic rings. The molecule has 1 fully saturated rings. The number of nitrogens with one attached hydrogen (secondary N) is 1. The number of hydrogen-bond acceptors (Lipinski definition) is 9. The van der Waals surface area contributed by atoms with Gasteiger partial charge >= 0.3 is 62.6 Å². The van der Waals surface area contributed by atoms with Crippen molar-refractivity contribution in [3.05, 3.63) is 83.4 Å². The van der Waals surface area contributed by atoms with Crippen LogP contribution in [-0.2, 0) is 45.3 Å². The standard InChI is InChI=1S/C38H52F2N2O13P2.Na.H/c1-2-54-34(44)15-9-3-4-12-26-42-31(21-23-33(42)43)20-22-32(38(39,40)30-13-7-5-8-14-30)55-35(45)27-28-16-18-29(19-17-28)36(46)41-25-11-6-10-24-37(47,56(48,49)50)57(51,52)53;;/h5,7-8,13-14,16-20,22,31-32,47H,2-4,6,9-12,15,21,23-27H2,1H3,(H,41,46)(H2,48,49,50)(H2,51,52,53);;/b22-20+;;/t31-,32+;;/m0../s1. The molecule has 1 aliphatic heterocycles. The third kappa shape index (κ3) is 15.3. The summed E-state index contributed by atoms with van der Waals surface area (Å²) in [5.74, 6) is -5.44. The number of unbranched alkanes of at least 4 members (excludes halogenated alkanes) is 5. The number of hydrogen-bond donors (Lipinski definition) is 6. The molecule has 1 aliphatic rings. The Balaban J connectivity index is 0.0000116. The molecule has 1 saturated heterocycles. The van der Waals surface area contributed by atoms with Gasteiger partial charge in [0.1, 0.15) is 0 Å². The number of esters is 2. The number of likely N-dealkylation sites (tertiary alicyclic amines) is 1. The number of carbonyl (C=O) groups is 4. The summed E-state index contributed by atoms with van der Waals surface area (Å²) in [5.41, 5.74) is 0.210. The number of carbonyl (C=O) groups excluding carboxylic acids is 4. The van der Waals surface area contributed by atoms with E-state index in [1.54, 1.807) is 17.9 Å². The zero-order valence-electron chi connectivity index (χ0n) is 31.7. The quantitative estimate of drug-likeness (QED) is 0.0278. The molecular formula is C38H53F2N2NaO13P2. The van der Waals surface area contributed by atoms with E-state index in [0.29, 0.717) is 44.4 Å². The van der Waals surface area contributed by atoms with Crippen molar-refractivity contribution in [2.75, 3.05) is 19.7 Å². The number of aliphatic hydroxyl groups is 1. The summed E-state index contributed by atoms with van der Waals surface area (Å²) in [6.45, 7) is 2.57. The molecule has 15 nitrogen and oxygen atoms in total. The van der Waals surface area contributed by atoms with Gasteiger partial charge in [0, 0.05) is 37.1 Å². The van der Waals surface area contributed by atoms with Crippen molar-refractivity contribution in [2.45, 2.75) is 107 Å². The van der Waals surface area contributed by atoms with E-state index in [0.717, 1.165) is 18.9 Å². The fourth-order valence-corrected chi connectivity index (χ4v) is 8.48. The minimum atomic E-state index is -5.55. The molecule has 0 bridgehead atoms. The molecular weight excluding hydrogens is 815 g/mol. The van der Waals surface area contributed by atoms with Gasteiger partial charge < -0.3 is 44.4 Å². The Kier molecular flexibility index (Phi) is 21.1. The maximum atomic E-state index is 15.9. The van der Waals surface area contributed by atoms with Crippen LogP contribution >= 0.6 is 15.2 Å². The predicted molar refractivity (Wildman–Crippen MR) is 211 cm³/mol. The van der Waals surface area contributed by atoms with E-state index in [1.165, 1.54) is 54.6 Å². The number of halogens is 2. The van der Waals surface area contributed by atoms with Gasteiger partial charge in [-0.2, -0.15) is 8.78 Å². The van der Waals surface area contributed by atoms with Gasteiger partial charge in [0.15, 0.2) is 6.10 Å². The first kappa shape index (κ1) is 51.3. The molecule has 0 aromatic heterocycles. The number of nitrogens with zero attached hydrogens (tertiary/aromatic N) is 1. The van der Waals surface area contributed by atoms with Crippen LogP contribution in [0, 0.1) is 0 Å². The molecule has 2 atom stereocenters. The number of rotatable bonds is 24. The Morgan fingerprint density at radius 3 is 2.16 bits per heavy atom. The van der Waals surface area contributed by atoms with Crippen LogP contribution in [-0.4, -0.2) is 120 Å². The monoisotopic (exact) mass is 868 g/mol. The Morgan fingerprint density at radius 1 is 0.914 bits per heavy atom. The van der Waals surface area contributed by atoms with E-state index in [2.05, 4.69) is 5.32 Å². The normalized spacial score (nSPS) is 15.6. The summed E-state index contributed by atoms with van der Waals surface area (Å²) >= 11 is 0. The molecule has 0 spiro atoms. The van der Waals surface area contributed by atoms with E-state index in [4.69, 9.17) is 9.47 Å². The van der Waals surface area contributed by atoms with E-state index < -0.39 is 63.1 Å². The molecule has 0 unspecified atom stereocenters. The Bertz CT molecular complexity index is 1750. The van der Waals surface area contributed by atoms with Crippen molar-refractivity contribution in [1.29, 1.82) is 0 Å². The van der Waals surface area contributed by atoms with Crippen LogP contribution in [0.3, 0.4) is 0 Å². The average molecular weight is 869 g/mol. The maximum absolute atomic E-state index is 15.9. The molecule has 0 saturated carbocycles. The van der Waals surface area contributed by atoms with Crippen molar-refractivity contribution >= 4 is 68.5 Å². The number of benzene rings is 2. The van der Waals surface area contributed by atoms with E-state index in [1.807, 2.05) is 0 Å². The van der Waals surface area contributed by atoms with Crippen molar-refractivity contribution in [1.82, 2.24) is 10.2 Å². The molecule has 2 aromatic carbocycles. The molecule has 2 amide bonds. The van der Waals surface area contributed by atoms with E-state index in [-0.39, 0.29) is 84.8 Å².